The number of hydrogen-bond donors (Lipinski definition) is 0. The normalized spacial score (nSPS) is 16.9. The minimum Gasteiger partial charge on any atom is -0.497 e. The Kier molecular flexibility index (Phi) is 2.44. The molecule has 1 aliphatic carbocycles. The highest BCUT2D eigenvalue weighted by Gasteiger charge is 2.28. The SMILES string of the molecule is COc1ccc2c(c1)-c1onc(C=O)c1CC2C. The van der Waals surface area contributed by atoms with E-state index in [0.717, 1.165) is 29.6 Å². The molecule has 1 aromatic carbocycles. The average molecular weight is 243 g/mol. The molecule has 0 spiro atoms. The molecule has 1 heterocycles. The molecule has 92 valence electrons. The van der Waals surface area contributed by atoms with Crippen LogP contribution in [0.25, 0.3) is 11.3 Å². The Hall–Kier alpha value is -2.10. The van der Waals surface area contributed by atoms with E-state index in [4.69, 9.17) is 9.26 Å². The van der Waals surface area contributed by atoms with Gasteiger partial charge in [0, 0.05) is 11.1 Å². The number of aldehydes is 1. The lowest BCUT2D eigenvalue weighted by Crippen LogP contribution is -2.08. The Morgan fingerprint density at radius 3 is 3.06 bits per heavy atom. The third-order valence-electron chi connectivity index (χ3n) is 3.48. The summed E-state index contributed by atoms with van der Waals surface area (Å²) in [6, 6.07) is 5.92. The summed E-state index contributed by atoms with van der Waals surface area (Å²) in [7, 11) is 1.63. The van der Waals surface area contributed by atoms with Crippen LogP contribution in [0.3, 0.4) is 0 Å². The predicted molar refractivity (Wildman–Crippen MR) is 66.0 cm³/mol. The van der Waals surface area contributed by atoms with Crippen molar-refractivity contribution >= 4 is 6.29 Å². The molecule has 0 radical (unpaired) electrons. The summed E-state index contributed by atoms with van der Waals surface area (Å²) in [5.41, 5.74) is 3.49. The number of aromatic nitrogens is 1. The number of methoxy groups -OCH3 is 1. The van der Waals surface area contributed by atoms with Crippen LogP contribution in [0, 0.1) is 0 Å². The van der Waals surface area contributed by atoms with Crippen LogP contribution < -0.4 is 4.74 Å². The molecule has 1 atom stereocenters. The second kappa shape index (κ2) is 3.98. The first kappa shape index (κ1) is 11.0. The second-order valence-corrected chi connectivity index (χ2v) is 4.55. The van der Waals surface area contributed by atoms with Crippen LogP contribution in [0.1, 0.15) is 34.5 Å². The zero-order valence-corrected chi connectivity index (χ0v) is 10.3. The Morgan fingerprint density at radius 2 is 2.33 bits per heavy atom. The first-order chi connectivity index (χ1) is 8.74. The molecule has 0 amide bonds. The molecule has 0 bridgehead atoms. The van der Waals surface area contributed by atoms with Gasteiger partial charge in [0.2, 0.25) is 0 Å². The van der Waals surface area contributed by atoms with Gasteiger partial charge in [-0.3, -0.25) is 4.79 Å². The lowest BCUT2D eigenvalue weighted by Gasteiger charge is -2.21. The number of ether oxygens (including phenoxy) is 1. The Morgan fingerprint density at radius 1 is 1.50 bits per heavy atom. The smallest absolute Gasteiger partial charge is 0.172 e. The second-order valence-electron chi connectivity index (χ2n) is 4.55. The van der Waals surface area contributed by atoms with E-state index in [1.165, 1.54) is 5.56 Å². The molecule has 4 nitrogen and oxygen atoms in total. The zero-order chi connectivity index (χ0) is 12.7. The number of benzene rings is 1. The van der Waals surface area contributed by atoms with Crippen LogP contribution >= 0.6 is 0 Å². The molecule has 4 heteroatoms. The third-order valence-corrected chi connectivity index (χ3v) is 3.48. The molecule has 1 unspecified atom stereocenters. The number of nitrogens with zero attached hydrogens (tertiary/aromatic N) is 1. The van der Waals surface area contributed by atoms with Gasteiger partial charge in [0.05, 0.1) is 7.11 Å². The Balaban J connectivity index is 2.24. The molecule has 1 aromatic heterocycles. The van der Waals surface area contributed by atoms with E-state index in [1.807, 2.05) is 18.2 Å². The molecule has 18 heavy (non-hydrogen) atoms. The maximum atomic E-state index is 10.9. The van der Waals surface area contributed by atoms with Crippen LogP contribution in [0.4, 0.5) is 0 Å². The third kappa shape index (κ3) is 1.45. The molecule has 1 aliphatic rings. The van der Waals surface area contributed by atoms with Crippen molar-refractivity contribution < 1.29 is 14.1 Å². The first-order valence-electron chi connectivity index (χ1n) is 5.86. The van der Waals surface area contributed by atoms with Gasteiger partial charge in [-0.2, -0.15) is 0 Å². The van der Waals surface area contributed by atoms with E-state index >= 15 is 0 Å². The standard InChI is InChI=1S/C14H13NO3/c1-8-5-12-13(7-16)15-18-14(12)11-6-9(17-2)3-4-10(8)11/h3-4,6-8H,5H2,1-2H3. The Bertz CT molecular complexity index is 615. The van der Waals surface area contributed by atoms with Crippen molar-refractivity contribution in [1.82, 2.24) is 5.16 Å². The molecule has 0 saturated heterocycles. The molecule has 0 N–H and O–H groups in total. The van der Waals surface area contributed by atoms with Gasteiger partial charge < -0.3 is 9.26 Å². The highest BCUT2D eigenvalue weighted by Crippen LogP contribution is 2.41. The van der Waals surface area contributed by atoms with Gasteiger partial charge in [-0.05, 0) is 30.0 Å². The van der Waals surface area contributed by atoms with Crippen LogP contribution in [0.2, 0.25) is 0 Å². The summed E-state index contributed by atoms with van der Waals surface area (Å²) in [4.78, 5) is 10.9. The van der Waals surface area contributed by atoms with Crippen LogP contribution in [-0.2, 0) is 6.42 Å². The van der Waals surface area contributed by atoms with E-state index in [-0.39, 0.29) is 0 Å². The van der Waals surface area contributed by atoms with Crippen molar-refractivity contribution in [2.45, 2.75) is 19.3 Å². The van der Waals surface area contributed by atoms with Crippen molar-refractivity contribution in [3.63, 3.8) is 0 Å². The quantitative estimate of drug-likeness (QED) is 0.761. The monoisotopic (exact) mass is 243 g/mol. The van der Waals surface area contributed by atoms with E-state index < -0.39 is 0 Å². The summed E-state index contributed by atoms with van der Waals surface area (Å²) in [5.74, 6) is 1.82. The summed E-state index contributed by atoms with van der Waals surface area (Å²) in [6.07, 6.45) is 1.53. The van der Waals surface area contributed by atoms with E-state index in [0.29, 0.717) is 17.4 Å². The minimum absolute atomic E-state index is 0.344. The minimum atomic E-state index is 0.344. The van der Waals surface area contributed by atoms with E-state index in [2.05, 4.69) is 12.1 Å². The van der Waals surface area contributed by atoms with Gasteiger partial charge in [-0.1, -0.05) is 18.1 Å². The topological polar surface area (TPSA) is 52.3 Å². The lowest BCUT2D eigenvalue weighted by atomic mass is 9.82. The molecular weight excluding hydrogens is 230 g/mol. The molecule has 2 aromatic rings. The maximum Gasteiger partial charge on any atom is 0.172 e. The summed E-state index contributed by atoms with van der Waals surface area (Å²) < 4.78 is 10.5. The van der Waals surface area contributed by atoms with Crippen LogP contribution in [0.15, 0.2) is 22.7 Å². The van der Waals surface area contributed by atoms with Crippen LogP contribution in [0.5, 0.6) is 5.75 Å². The number of rotatable bonds is 2. The largest absolute Gasteiger partial charge is 0.497 e. The van der Waals surface area contributed by atoms with E-state index in [9.17, 15) is 4.79 Å². The fraction of sp³-hybridized carbons (Fsp3) is 0.286. The van der Waals surface area contributed by atoms with E-state index in [1.54, 1.807) is 7.11 Å². The number of carbonyl (C=O) groups is 1. The fourth-order valence-electron chi connectivity index (χ4n) is 2.53. The van der Waals surface area contributed by atoms with Gasteiger partial charge in [0.1, 0.15) is 11.4 Å². The van der Waals surface area contributed by atoms with Crippen molar-refractivity contribution in [1.29, 1.82) is 0 Å². The molecule has 0 fully saturated rings. The van der Waals surface area contributed by atoms with Gasteiger partial charge >= 0.3 is 0 Å². The predicted octanol–water partition coefficient (Wildman–Crippen LogP) is 2.82. The molecule has 0 aliphatic heterocycles. The van der Waals surface area contributed by atoms with Crippen molar-refractivity contribution in [2.75, 3.05) is 7.11 Å². The zero-order valence-electron chi connectivity index (χ0n) is 10.3. The molecular formula is C14H13NO3. The number of hydrogen-bond acceptors (Lipinski definition) is 4. The highest BCUT2D eigenvalue weighted by molar-refractivity contribution is 5.81. The van der Waals surface area contributed by atoms with Crippen molar-refractivity contribution in [3.8, 4) is 17.1 Å². The van der Waals surface area contributed by atoms with Crippen molar-refractivity contribution in [2.24, 2.45) is 0 Å². The number of fused-ring (bicyclic) bond motifs is 3. The highest BCUT2D eigenvalue weighted by atomic mass is 16.5. The van der Waals surface area contributed by atoms with Crippen LogP contribution in [-0.4, -0.2) is 18.6 Å². The number of carbonyl (C=O) groups excluding carboxylic acids is 1. The average Bonchev–Trinajstić information content (AvgIpc) is 2.81. The lowest BCUT2D eigenvalue weighted by molar-refractivity contribution is 0.111. The van der Waals surface area contributed by atoms with Gasteiger partial charge in [-0.15, -0.1) is 0 Å². The summed E-state index contributed by atoms with van der Waals surface area (Å²) >= 11 is 0. The first-order valence-corrected chi connectivity index (χ1v) is 5.86. The van der Waals surface area contributed by atoms with Crippen molar-refractivity contribution in [3.05, 3.63) is 35.0 Å². The van der Waals surface area contributed by atoms with Gasteiger partial charge in [0.15, 0.2) is 12.0 Å². The molecule has 3 rings (SSSR count). The van der Waals surface area contributed by atoms with Gasteiger partial charge in [0.25, 0.3) is 0 Å². The maximum absolute atomic E-state index is 10.9. The Labute approximate surface area is 105 Å². The summed E-state index contributed by atoms with van der Waals surface area (Å²) in [5, 5.41) is 3.82. The molecule has 0 saturated carbocycles. The fourth-order valence-corrected chi connectivity index (χ4v) is 2.53. The summed E-state index contributed by atoms with van der Waals surface area (Å²) in [6.45, 7) is 2.13. The van der Waals surface area contributed by atoms with Gasteiger partial charge in [-0.25, -0.2) is 0 Å².